The van der Waals surface area contributed by atoms with Crippen LogP contribution >= 0.6 is 0 Å². The highest BCUT2D eigenvalue weighted by Crippen LogP contribution is 2.04. The standard InChI is InChI=1S/C11H23NO4S/c1-3-4-5-6-7-8-9-12-17(14,15)10-11(13)16-2/h12H,3-10H2,1-2H3. The van der Waals surface area contributed by atoms with Crippen molar-refractivity contribution in [3.05, 3.63) is 0 Å². The molecule has 0 saturated heterocycles. The topological polar surface area (TPSA) is 72.5 Å². The van der Waals surface area contributed by atoms with Crippen molar-refractivity contribution < 1.29 is 17.9 Å². The molecule has 0 aromatic carbocycles. The summed E-state index contributed by atoms with van der Waals surface area (Å²) in [5.41, 5.74) is 0. The van der Waals surface area contributed by atoms with Crippen molar-refractivity contribution in [1.82, 2.24) is 4.72 Å². The number of carbonyl (C=O) groups excluding carboxylic acids is 1. The molecular formula is C11H23NO4S. The van der Waals surface area contributed by atoms with E-state index in [9.17, 15) is 13.2 Å². The molecule has 0 aromatic heterocycles. The van der Waals surface area contributed by atoms with Crippen LogP contribution in [0.25, 0.3) is 0 Å². The van der Waals surface area contributed by atoms with Crippen molar-refractivity contribution in [2.24, 2.45) is 0 Å². The molecule has 17 heavy (non-hydrogen) atoms. The van der Waals surface area contributed by atoms with Gasteiger partial charge in [0.2, 0.25) is 10.0 Å². The third-order valence-electron chi connectivity index (χ3n) is 2.39. The largest absolute Gasteiger partial charge is 0.468 e. The number of esters is 1. The predicted octanol–water partition coefficient (Wildman–Crippen LogP) is 1.44. The molecule has 1 N–H and O–H groups in total. The van der Waals surface area contributed by atoms with E-state index in [0.29, 0.717) is 6.54 Å². The first-order valence-corrected chi connectivity index (χ1v) is 7.71. The predicted molar refractivity (Wildman–Crippen MR) is 67.2 cm³/mol. The van der Waals surface area contributed by atoms with Gasteiger partial charge in [0.15, 0.2) is 5.75 Å². The van der Waals surface area contributed by atoms with Gasteiger partial charge in [-0.05, 0) is 6.42 Å². The molecule has 0 fully saturated rings. The van der Waals surface area contributed by atoms with Gasteiger partial charge in [-0.3, -0.25) is 4.79 Å². The van der Waals surface area contributed by atoms with Crippen molar-refractivity contribution in [2.45, 2.75) is 45.4 Å². The normalized spacial score (nSPS) is 11.4. The Morgan fingerprint density at radius 1 is 1.12 bits per heavy atom. The van der Waals surface area contributed by atoms with Crippen molar-refractivity contribution >= 4 is 16.0 Å². The second-order valence-electron chi connectivity index (χ2n) is 4.00. The summed E-state index contributed by atoms with van der Waals surface area (Å²) in [6.07, 6.45) is 6.59. The average molecular weight is 265 g/mol. The number of nitrogens with one attached hydrogen (secondary N) is 1. The number of rotatable bonds is 10. The summed E-state index contributed by atoms with van der Waals surface area (Å²) in [7, 11) is -2.34. The zero-order valence-electron chi connectivity index (χ0n) is 10.7. The van der Waals surface area contributed by atoms with E-state index in [1.807, 2.05) is 0 Å². The smallest absolute Gasteiger partial charge is 0.322 e. The SMILES string of the molecule is CCCCCCCCNS(=O)(=O)CC(=O)OC. The third kappa shape index (κ3) is 10.3. The lowest BCUT2D eigenvalue weighted by atomic mass is 10.1. The second-order valence-corrected chi connectivity index (χ2v) is 5.80. The summed E-state index contributed by atoms with van der Waals surface area (Å²) in [5.74, 6) is -1.33. The van der Waals surface area contributed by atoms with E-state index >= 15 is 0 Å². The van der Waals surface area contributed by atoms with Crippen LogP contribution in [0.3, 0.4) is 0 Å². The molecule has 6 heteroatoms. The second kappa shape index (κ2) is 9.41. The summed E-state index contributed by atoms with van der Waals surface area (Å²) in [6.45, 7) is 2.55. The van der Waals surface area contributed by atoms with Gasteiger partial charge in [0.05, 0.1) is 7.11 Å². The van der Waals surface area contributed by atoms with Gasteiger partial charge in [-0.25, -0.2) is 13.1 Å². The third-order valence-corrected chi connectivity index (χ3v) is 3.65. The summed E-state index contributed by atoms with van der Waals surface area (Å²) >= 11 is 0. The van der Waals surface area contributed by atoms with Gasteiger partial charge < -0.3 is 4.74 Å². The Hall–Kier alpha value is -0.620. The molecule has 0 aliphatic rings. The zero-order chi connectivity index (χ0) is 13.1. The molecule has 0 aromatic rings. The number of methoxy groups -OCH3 is 1. The van der Waals surface area contributed by atoms with E-state index in [0.717, 1.165) is 19.3 Å². The molecule has 0 aliphatic heterocycles. The Bertz CT molecular complexity index is 301. The first-order valence-electron chi connectivity index (χ1n) is 6.06. The van der Waals surface area contributed by atoms with E-state index in [1.165, 1.54) is 26.4 Å². The molecule has 5 nitrogen and oxygen atoms in total. The first-order chi connectivity index (χ1) is 8.02. The van der Waals surface area contributed by atoms with Crippen LogP contribution in [0.4, 0.5) is 0 Å². The Kier molecular flexibility index (Phi) is 9.07. The number of sulfonamides is 1. The minimum atomic E-state index is -3.51. The van der Waals surface area contributed by atoms with Gasteiger partial charge in [-0.15, -0.1) is 0 Å². The van der Waals surface area contributed by atoms with Crippen LogP contribution in [0.15, 0.2) is 0 Å². The zero-order valence-corrected chi connectivity index (χ0v) is 11.5. The van der Waals surface area contributed by atoms with Gasteiger partial charge in [-0.1, -0.05) is 39.0 Å². The van der Waals surface area contributed by atoms with E-state index in [2.05, 4.69) is 16.4 Å². The molecular weight excluding hydrogens is 242 g/mol. The lowest BCUT2D eigenvalue weighted by molar-refractivity contribution is -0.137. The van der Waals surface area contributed by atoms with Crippen molar-refractivity contribution in [3.63, 3.8) is 0 Å². The minimum absolute atomic E-state index is 0.394. The summed E-state index contributed by atoms with van der Waals surface area (Å²) in [4.78, 5) is 10.8. The average Bonchev–Trinajstić information content (AvgIpc) is 2.27. The van der Waals surface area contributed by atoms with Gasteiger partial charge in [0.1, 0.15) is 0 Å². The molecule has 0 bridgehead atoms. The molecule has 0 unspecified atom stereocenters. The molecule has 0 radical (unpaired) electrons. The molecule has 0 rings (SSSR count). The van der Waals surface area contributed by atoms with Gasteiger partial charge in [-0.2, -0.15) is 0 Å². The highest BCUT2D eigenvalue weighted by atomic mass is 32.2. The number of unbranched alkanes of at least 4 members (excludes halogenated alkanes) is 5. The van der Waals surface area contributed by atoms with Gasteiger partial charge in [0, 0.05) is 6.54 Å². The summed E-state index contributed by atoms with van der Waals surface area (Å²) < 4.78 is 29.3. The Morgan fingerprint density at radius 2 is 1.71 bits per heavy atom. The number of hydrogen-bond donors (Lipinski definition) is 1. The van der Waals surface area contributed by atoms with E-state index in [1.54, 1.807) is 0 Å². The number of hydrogen-bond acceptors (Lipinski definition) is 4. The monoisotopic (exact) mass is 265 g/mol. The summed E-state index contributed by atoms with van der Waals surface area (Å²) in [5, 5.41) is 0. The molecule has 0 spiro atoms. The van der Waals surface area contributed by atoms with Crippen LogP contribution in [-0.4, -0.2) is 33.8 Å². The fourth-order valence-electron chi connectivity index (χ4n) is 1.40. The molecule has 0 heterocycles. The van der Waals surface area contributed by atoms with Crippen molar-refractivity contribution in [2.75, 3.05) is 19.4 Å². The lowest BCUT2D eigenvalue weighted by Crippen LogP contribution is -2.31. The van der Waals surface area contributed by atoms with Crippen LogP contribution in [0.5, 0.6) is 0 Å². The fraction of sp³-hybridized carbons (Fsp3) is 0.909. The number of carbonyl (C=O) groups is 1. The van der Waals surface area contributed by atoms with E-state index in [-0.39, 0.29) is 0 Å². The van der Waals surface area contributed by atoms with Gasteiger partial charge in [0.25, 0.3) is 0 Å². The van der Waals surface area contributed by atoms with Crippen molar-refractivity contribution in [3.8, 4) is 0 Å². The molecule has 0 amide bonds. The molecule has 0 saturated carbocycles. The van der Waals surface area contributed by atoms with Crippen LogP contribution in [0, 0.1) is 0 Å². The Labute approximate surface area is 104 Å². The lowest BCUT2D eigenvalue weighted by Gasteiger charge is -2.05. The maximum Gasteiger partial charge on any atom is 0.322 e. The van der Waals surface area contributed by atoms with E-state index in [4.69, 9.17) is 0 Å². The molecule has 102 valence electrons. The van der Waals surface area contributed by atoms with Crippen LogP contribution in [0.2, 0.25) is 0 Å². The minimum Gasteiger partial charge on any atom is -0.468 e. The van der Waals surface area contributed by atoms with Crippen LogP contribution in [0.1, 0.15) is 45.4 Å². The quantitative estimate of drug-likeness (QED) is 0.479. The molecule has 0 aliphatic carbocycles. The Balaban J connectivity index is 3.56. The number of ether oxygens (including phenoxy) is 1. The first kappa shape index (κ1) is 16.4. The maximum atomic E-state index is 11.3. The maximum absolute atomic E-state index is 11.3. The Morgan fingerprint density at radius 3 is 2.29 bits per heavy atom. The highest BCUT2D eigenvalue weighted by Gasteiger charge is 2.15. The van der Waals surface area contributed by atoms with E-state index < -0.39 is 21.7 Å². The van der Waals surface area contributed by atoms with Gasteiger partial charge >= 0.3 is 5.97 Å². The fourth-order valence-corrected chi connectivity index (χ4v) is 2.38. The van der Waals surface area contributed by atoms with Crippen LogP contribution in [-0.2, 0) is 19.6 Å². The van der Waals surface area contributed by atoms with Crippen LogP contribution < -0.4 is 4.72 Å². The summed E-state index contributed by atoms with van der Waals surface area (Å²) in [6, 6.07) is 0. The molecule has 0 atom stereocenters. The van der Waals surface area contributed by atoms with Crippen molar-refractivity contribution in [1.29, 1.82) is 0 Å². The highest BCUT2D eigenvalue weighted by molar-refractivity contribution is 7.90.